The summed E-state index contributed by atoms with van der Waals surface area (Å²) in [4.78, 5) is 1.93. The molecule has 0 heterocycles. The van der Waals surface area contributed by atoms with Gasteiger partial charge in [0.25, 0.3) is 0 Å². The van der Waals surface area contributed by atoms with Crippen molar-refractivity contribution in [1.29, 1.82) is 0 Å². The van der Waals surface area contributed by atoms with E-state index in [2.05, 4.69) is 6.92 Å². The maximum Gasteiger partial charge on any atom is 0.0845 e. The number of nitrogens with zero attached hydrogens (tertiary/aromatic N) is 1. The lowest BCUT2D eigenvalue weighted by Gasteiger charge is -2.13. The third-order valence-corrected chi connectivity index (χ3v) is 1.41. The predicted molar refractivity (Wildman–Crippen MR) is 33.3 cm³/mol. The number of alkyl halides is 1. The zero-order valence-electron chi connectivity index (χ0n) is 4.82. The Hall–Kier alpha value is 0.250. The number of hydrogen-bond donors (Lipinski definition) is 0. The Kier molecular flexibility index (Phi) is 3.39. The Morgan fingerprint density at radius 3 is 2.14 bits per heavy atom. The highest BCUT2D eigenvalue weighted by Gasteiger charge is 2.00. The lowest BCUT2D eigenvalue weighted by atomic mass is 10.4. The highest BCUT2D eigenvalue weighted by molar-refractivity contribution is 6.20. The first-order valence-corrected chi connectivity index (χ1v) is 2.72. The molecular weight excluding hydrogens is 110 g/mol. The Bertz CT molecular complexity index is 45.3. The second-order valence-electron chi connectivity index (χ2n) is 1.69. The predicted octanol–water partition coefficient (Wildman–Crippen LogP) is 1.34. The van der Waals surface area contributed by atoms with Crippen molar-refractivity contribution in [3.8, 4) is 0 Å². The first kappa shape index (κ1) is 7.25. The fourth-order valence-corrected chi connectivity index (χ4v) is 0.258. The maximum absolute atomic E-state index is 5.66. The fraction of sp³-hybridized carbons (Fsp3) is 0.800. The molecule has 0 saturated carbocycles. The van der Waals surface area contributed by atoms with Crippen molar-refractivity contribution in [2.45, 2.75) is 11.9 Å². The smallest absolute Gasteiger partial charge is 0.0845 e. The van der Waals surface area contributed by atoms with Crippen LogP contribution in [0.3, 0.4) is 0 Å². The number of hydrogen-bond acceptors (Lipinski definition) is 1. The lowest BCUT2D eigenvalue weighted by Crippen LogP contribution is -2.20. The summed E-state index contributed by atoms with van der Waals surface area (Å²) >= 11 is 5.66. The molecular formula is C5H11ClN. The first-order chi connectivity index (χ1) is 3.18. The van der Waals surface area contributed by atoms with Gasteiger partial charge in [0.15, 0.2) is 0 Å². The molecule has 0 amide bonds. The van der Waals surface area contributed by atoms with Crippen LogP contribution in [0, 0.1) is 6.92 Å². The van der Waals surface area contributed by atoms with Gasteiger partial charge in [-0.2, -0.15) is 0 Å². The van der Waals surface area contributed by atoms with Crippen molar-refractivity contribution in [3.05, 3.63) is 6.92 Å². The average molecular weight is 121 g/mol. The van der Waals surface area contributed by atoms with E-state index < -0.39 is 0 Å². The lowest BCUT2D eigenvalue weighted by molar-refractivity contribution is 0.377. The van der Waals surface area contributed by atoms with E-state index in [4.69, 9.17) is 11.6 Å². The van der Waals surface area contributed by atoms with Crippen molar-refractivity contribution in [2.24, 2.45) is 0 Å². The molecule has 1 nitrogen and oxygen atoms in total. The van der Waals surface area contributed by atoms with E-state index >= 15 is 0 Å². The molecule has 0 aromatic carbocycles. The fourth-order valence-electron chi connectivity index (χ4n) is 0.258. The molecule has 1 atom stereocenters. The molecule has 0 rings (SSSR count). The van der Waals surface area contributed by atoms with Crippen LogP contribution in [-0.4, -0.2) is 24.5 Å². The quantitative estimate of drug-likeness (QED) is 0.393. The molecule has 0 fully saturated rings. The summed E-state index contributed by atoms with van der Waals surface area (Å²) in [5, 5.41) is 0. The van der Waals surface area contributed by atoms with Gasteiger partial charge < -0.3 is 0 Å². The van der Waals surface area contributed by atoms with Crippen molar-refractivity contribution in [2.75, 3.05) is 14.1 Å². The van der Waals surface area contributed by atoms with Crippen LogP contribution in [0.25, 0.3) is 0 Å². The summed E-state index contributed by atoms with van der Waals surface area (Å²) < 4.78 is 0. The van der Waals surface area contributed by atoms with Gasteiger partial charge in [-0.1, -0.05) is 6.92 Å². The van der Waals surface area contributed by atoms with E-state index in [1.165, 1.54) is 0 Å². The minimum Gasteiger partial charge on any atom is -0.294 e. The minimum absolute atomic E-state index is 0.0972. The molecule has 0 bridgehead atoms. The molecule has 1 radical (unpaired) electrons. The summed E-state index contributed by atoms with van der Waals surface area (Å²) in [5.74, 6) is 0. The Morgan fingerprint density at radius 1 is 1.71 bits per heavy atom. The number of rotatable bonds is 2. The van der Waals surface area contributed by atoms with E-state index in [0.29, 0.717) is 0 Å². The van der Waals surface area contributed by atoms with Crippen molar-refractivity contribution >= 4 is 11.6 Å². The third kappa shape index (κ3) is 2.89. The van der Waals surface area contributed by atoms with Crippen LogP contribution in [0.1, 0.15) is 6.42 Å². The molecule has 2 heteroatoms. The van der Waals surface area contributed by atoms with Crippen LogP contribution >= 0.6 is 11.6 Å². The molecule has 0 aliphatic rings. The summed E-state index contributed by atoms with van der Waals surface area (Å²) in [6, 6.07) is 0. The zero-order valence-corrected chi connectivity index (χ0v) is 5.57. The molecule has 0 aliphatic heterocycles. The summed E-state index contributed by atoms with van der Waals surface area (Å²) in [5.41, 5.74) is 0.0972. The van der Waals surface area contributed by atoms with E-state index in [-0.39, 0.29) is 5.50 Å². The van der Waals surface area contributed by atoms with Crippen molar-refractivity contribution in [3.63, 3.8) is 0 Å². The molecule has 0 aliphatic carbocycles. The Morgan fingerprint density at radius 2 is 2.14 bits per heavy atom. The van der Waals surface area contributed by atoms with Crippen LogP contribution in [0.5, 0.6) is 0 Å². The highest BCUT2D eigenvalue weighted by atomic mass is 35.5. The molecule has 0 N–H and O–H groups in total. The highest BCUT2D eigenvalue weighted by Crippen LogP contribution is 2.01. The van der Waals surface area contributed by atoms with Gasteiger partial charge >= 0.3 is 0 Å². The van der Waals surface area contributed by atoms with Gasteiger partial charge in [0.2, 0.25) is 0 Å². The van der Waals surface area contributed by atoms with Crippen LogP contribution < -0.4 is 0 Å². The second kappa shape index (κ2) is 3.28. The van der Waals surface area contributed by atoms with E-state index in [9.17, 15) is 0 Å². The molecule has 0 spiro atoms. The Balaban J connectivity index is 3.14. The van der Waals surface area contributed by atoms with Gasteiger partial charge in [0.1, 0.15) is 0 Å². The molecule has 7 heavy (non-hydrogen) atoms. The topological polar surface area (TPSA) is 3.24 Å². The average Bonchev–Trinajstić information content (AvgIpc) is 1.65. The standard InChI is InChI=1S/C5H11ClN/c1-4-5(6)7(2)3/h5H,1,4H2,2-3H3. The van der Waals surface area contributed by atoms with E-state index in [1.807, 2.05) is 19.0 Å². The van der Waals surface area contributed by atoms with E-state index in [0.717, 1.165) is 6.42 Å². The van der Waals surface area contributed by atoms with E-state index in [1.54, 1.807) is 0 Å². The second-order valence-corrected chi connectivity index (χ2v) is 2.19. The first-order valence-electron chi connectivity index (χ1n) is 2.28. The van der Waals surface area contributed by atoms with Gasteiger partial charge in [-0.25, -0.2) is 0 Å². The summed E-state index contributed by atoms with van der Waals surface area (Å²) in [6.07, 6.45) is 0.758. The number of halogens is 1. The molecule has 0 saturated heterocycles. The van der Waals surface area contributed by atoms with Gasteiger partial charge in [-0.05, 0) is 20.5 Å². The molecule has 43 valence electrons. The minimum atomic E-state index is 0.0972. The monoisotopic (exact) mass is 120 g/mol. The van der Waals surface area contributed by atoms with Crippen LogP contribution in [0.4, 0.5) is 0 Å². The molecule has 1 unspecified atom stereocenters. The molecule has 0 aromatic heterocycles. The van der Waals surface area contributed by atoms with Crippen LogP contribution in [0.2, 0.25) is 0 Å². The van der Waals surface area contributed by atoms with Crippen molar-refractivity contribution < 1.29 is 0 Å². The maximum atomic E-state index is 5.66. The third-order valence-electron chi connectivity index (χ3n) is 0.799. The summed E-state index contributed by atoms with van der Waals surface area (Å²) in [6.45, 7) is 3.63. The van der Waals surface area contributed by atoms with Gasteiger partial charge in [0.05, 0.1) is 5.50 Å². The molecule has 0 aromatic rings. The van der Waals surface area contributed by atoms with Gasteiger partial charge in [-0.15, -0.1) is 11.6 Å². The van der Waals surface area contributed by atoms with Crippen molar-refractivity contribution in [1.82, 2.24) is 4.90 Å². The SMILES string of the molecule is [CH2]CC(Cl)N(C)C. The van der Waals surface area contributed by atoms with Crippen LogP contribution in [0.15, 0.2) is 0 Å². The largest absolute Gasteiger partial charge is 0.294 e. The zero-order chi connectivity index (χ0) is 5.86. The van der Waals surface area contributed by atoms with Gasteiger partial charge in [0, 0.05) is 0 Å². The van der Waals surface area contributed by atoms with Crippen LogP contribution in [-0.2, 0) is 0 Å². The normalized spacial score (nSPS) is 15.0. The summed E-state index contributed by atoms with van der Waals surface area (Å²) in [7, 11) is 3.87. The van der Waals surface area contributed by atoms with Gasteiger partial charge in [-0.3, -0.25) is 4.90 Å². The Labute approximate surface area is 50.3 Å².